The number of fused-ring (bicyclic) bond motifs is 1. The van der Waals surface area contributed by atoms with E-state index in [1.807, 2.05) is 13.8 Å². The van der Waals surface area contributed by atoms with Crippen LogP contribution in [-0.4, -0.2) is 15.8 Å². The molecule has 0 radical (unpaired) electrons. The van der Waals surface area contributed by atoms with Crippen molar-refractivity contribution in [3.8, 4) is 0 Å². The standard InChI is InChI=1S/C26H23F2N3O2S/c1-26(2)11-18-21(19(32)12-26)20(15-4-3-5-17(28)10-15)22-23(29-18)30-25(31-24(22)33)34-13-14-6-8-16(27)9-7-14/h3-10,20H,11-13H2,1-2H3,(H2,29,30,31,33). The van der Waals surface area contributed by atoms with Gasteiger partial charge in [-0.2, -0.15) is 0 Å². The van der Waals surface area contributed by atoms with Crippen LogP contribution in [0.2, 0.25) is 0 Å². The number of halogens is 2. The van der Waals surface area contributed by atoms with Gasteiger partial charge in [-0.15, -0.1) is 0 Å². The van der Waals surface area contributed by atoms with Gasteiger partial charge in [-0.05, 0) is 47.2 Å². The third-order valence-electron chi connectivity index (χ3n) is 6.17. The number of aromatic amines is 1. The fraction of sp³-hybridized carbons (Fsp3) is 0.269. The summed E-state index contributed by atoms with van der Waals surface area (Å²) in [7, 11) is 0. The molecule has 2 aromatic carbocycles. The van der Waals surface area contributed by atoms with Crippen LogP contribution >= 0.6 is 11.8 Å². The van der Waals surface area contributed by atoms with Crippen LogP contribution in [0.5, 0.6) is 0 Å². The highest BCUT2D eigenvalue weighted by Gasteiger charge is 2.42. The Morgan fingerprint density at radius 2 is 1.82 bits per heavy atom. The lowest BCUT2D eigenvalue weighted by atomic mass is 9.69. The molecule has 0 bridgehead atoms. The van der Waals surface area contributed by atoms with Gasteiger partial charge in [0.2, 0.25) is 0 Å². The highest BCUT2D eigenvalue weighted by Crippen LogP contribution is 2.47. The fourth-order valence-corrected chi connectivity index (χ4v) is 5.53. The third-order valence-corrected chi connectivity index (χ3v) is 7.12. The molecule has 2 N–H and O–H groups in total. The van der Waals surface area contributed by atoms with Gasteiger partial charge in [-0.25, -0.2) is 13.8 Å². The summed E-state index contributed by atoms with van der Waals surface area (Å²) in [4.78, 5) is 34.0. The maximum Gasteiger partial charge on any atom is 0.257 e. The minimum Gasteiger partial charge on any atom is -0.343 e. The van der Waals surface area contributed by atoms with E-state index in [1.165, 1.54) is 36.0 Å². The summed E-state index contributed by atoms with van der Waals surface area (Å²) in [5, 5.41) is 3.66. The van der Waals surface area contributed by atoms with Gasteiger partial charge in [0.15, 0.2) is 10.9 Å². The number of anilines is 1. The Hall–Kier alpha value is -3.26. The molecule has 174 valence electrons. The zero-order valence-corrected chi connectivity index (χ0v) is 19.6. The highest BCUT2D eigenvalue weighted by atomic mass is 32.2. The molecular weight excluding hydrogens is 456 g/mol. The number of hydrogen-bond donors (Lipinski definition) is 2. The normalized spacial score (nSPS) is 18.8. The van der Waals surface area contributed by atoms with Crippen LogP contribution in [0.4, 0.5) is 14.6 Å². The summed E-state index contributed by atoms with van der Waals surface area (Å²) in [5.41, 5.74) is 2.37. The minimum atomic E-state index is -0.696. The second kappa shape index (κ2) is 8.51. The zero-order valence-electron chi connectivity index (χ0n) is 18.7. The molecule has 1 aromatic heterocycles. The number of nitrogens with zero attached hydrogens (tertiary/aromatic N) is 1. The predicted molar refractivity (Wildman–Crippen MR) is 128 cm³/mol. The van der Waals surface area contributed by atoms with Crippen LogP contribution in [0.3, 0.4) is 0 Å². The van der Waals surface area contributed by atoms with Crippen molar-refractivity contribution < 1.29 is 13.6 Å². The van der Waals surface area contributed by atoms with Crippen molar-refractivity contribution in [3.05, 3.63) is 98.5 Å². The van der Waals surface area contributed by atoms with E-state index in [2.05, 4.69) is 15.3 Å². The highest BCUT2D eigenvalue weighted by molar-refractivity contribution is 7.98. The summed E-state index contributed by atoms with van der Waals surface area (Å²) in [5.74, 6) is -0.612. The molecule has 5 rings (SSSR count). The van der Waals surface area contributed by atoms with E-state index in [1.54, 1.807) is 24.3 Å². The van der Waals surface area contributed by atoms with Crippen molar-refractivity contribution in [2.45, 2.75) is 43.5 Å². The molecule has 1 unspecified atom stereocenters. The molecule has 0 fully saturated rings. The second-order valence-electron chi connectivity index (χ2n) is 9.49. The summed E-state index contributed by atoms with van der Waals surface area (Å²) < 4.78 is 27.3. The molecule has 0 amide bonds. The number of nitrogens with one attached hydrogen (secondary N) is 2. The van der Waals surface area contributed by atoms with Crippen molar-refractivity contribution in [1.29, 1.82) is 0 Å². The Morgan fingerprint density at radius 1 is 1.06 bits per heavy atom. The molecular formula is C26H23F2N3O2S. The van der Waals surface area contributed by atoms with E-state index in [0.29, 0.717) is 46.3 Å². The minimum absolute atomic E-state index is 0.0483. The lowest BCUT2D eigenvalue weighted by Crippen LogP contribution is -2.37. The van der Waals surface area contributed by atoms with Crippen molar-refractivity contribution in [1.82, 2.24) is 9.97 Å². The first-order chi connectivity index (χ1) is 16.2. The molecule has 0 saturated carbocycles. The average Bonchev–Trinajstić information content (AvgIpc) is 2.76. The van der Waals surface area contributed by atoms with Crippen LogP contribution < -0.4 is 10.9 Å². The van der Waals surface area contributed by atoms with E-state index in [9.17, 15) is 18.4 Å². The van der Waals surface area contributed by atoms with Gasteiger partial charge >= 0.3 is 0 Å². The quantitative estimate of drug-likeness (QED) is 0.380. The molecule has 0 spiro atoms. The monoisotopic (exact) mass is 479 g/mol. The number of allylic oxidation sites excluding steroid dienone is 2. The zero-order chi connectivity index (χ0) is 24.0. The summed E-state index contributed by atoms with van der Waals surface area (Å²) in [6.45, 7) is 4.05. The number of thioether (sulfide) groups is 1. The average molecular weight is 480 g/mol. The number of aromatic nitrogens is 2. The number of carbonyl (C=O) groups excluding carboxylic acids is 1. The Kier molecular flexibility index (Phi) is 5.64. The van der Waals surface area contributed by atoms with Crippen LogP contribution in [0.25, 0.3) is 0 Å². The van der Waals surface area contributed by atoms with E-state index in [-0.39, 0.29) is 22.6 Å². The van der Waals surface area contributed by atoms with E-state index < -0.39 is 11.7 Å². The maximum absolute atomic E-state index is 14.1. The topological polar surface area (TPSA) is 74.8 Å². The van der Waals surface area contributed by atoms with Gasteiger partial charge in [0.05, 0.1) is 5.56 Å². The first kappa shape index (κ1) is 22.5. The van der Waals surface area contributed by atoms with Crippen LogP contribution in [0.1, 0.15) is 49.3 Å². The smallest absolute Gasteiger partial charge is 0.257 e. The number of Topliss-reactive ketones (excluding diaryl/α,β-unsaturated/α-hetero) is 1. The molecule has 5 nitrogen and oxygen atoms in total. The molecule has 0 saturated heterocycles. The summed E-state index contributed by atoms with van der Waals surface area (Å²) in [6.07, 6.45) is 0.970. The SMILES string of the molecule is CC1(C)CC(=O)C2=C(C1)Nc1nc(SCc3ccc(F)cc3)[nH]c(=O)c1C2c1cccc(F)c1. The molecule has 1 aliphatic heterocycles. The Balaban J connectivity index is 1.58. The van der Waals surface area contributed by atoms with Crippen LogP contribution in [0, 0.1) is 17.0 Å². The number of carbonyl (C=O) groups is 1. The van der Waals surface area contributed by atoms with Crippen molar-refractivity contribution in [2.24, 2.45) is 5.41 Å². The molecule has 1 aliphatic carbocycles. The van der Waals surface area contributed by atoms with Gasteiger partial charge in [0.25, 0.3) is 5.56 Å². The number of H-pyrrole nitrogens is 1. The van der Waals surface area contributed by atoms with E-state index in [4.69, 9.17) is 0 Å². The Morgan fingerprint density at radius 3 is 2.56 bits per heavy atom. The number of rotatable bonds is 4. The second-order valence-corrected chi connectivity index (χ2v) is 10.5. The first-order valence-electron chi connectivity index (χ1n) is 11.0. The molecule has 8 heteroatoms. The fourth-order valence-electron chi connectivity index (χ4n) is 4.71. The number of benzene rings is 2. The number of hydrogen-bond acceptors (Lipinski definition) is 5. The summed E-state index contributed by atoms with van der Waals surface area (Å²) in [6, 6.07) is 12.2. The van der Waals surface area contributed by atoms with Crippen LogP contribution in [-0.2, 0) is 10.5 Å². The van der Waals surface area contributed by atoms with Crippen molar-refractivity contribution in [2.75, 3.05) is 5.32 Å². The van der Waals surface area contributed by atoms with Crippen LogP contribution in [0.15, 0.2) is 69.8 Å². The van der Waals surface area contributed by atoms with Crippen molar-refractivity contribution in [3.63, 3.8) is 0 Å². The Bertz CT molecular complexity index is 1380. The Labute approximate surface area is 199 Å². The van der Waals surface area contributed by atoms with E-state index in [0.717, 1.165) is 11.3 Å². The molecule has 1 atom stereocenters. The van der Waals surface area contributed by atoms with Gasteiger partial charge in [0.1, 0.15) is 17.5 Å². The molecule has 2 aliphatic rings. The molecule has 34 heavy (non-hydrogen) atoms. The lowest BCUT2D eigenvalue weighted by Gasteiger charge is -2.38. The van der Waals surface area contributed by atoms with Gasteiger partial charge in [-0.3, -0.25) is 9.59 Å². The van der Waals surface area contributed by atoms with Gasteiger partial charge in [-0.1, -0.05) is 49.9 Å². The largest absolute Gasteiger partial charge is 0.343 e. The van der Waals surface area contributed by atoms with E-state index >= 15 is 0 Å². The first-order valence-corrected chi connectivity index (χ1v) is 12.0. The van der Waals surface area contributed by atoms with Gasteiger partial charge < -0.3 is 10.3 Å². The van der Waals surface area contributed by atoms with Crippen molar-refractivity contribution >= 4 is 23.4 Å². The third kappa shape index (κ3) is 4.30. The predicted octanol–water partition coefficient (Wildman–Crippen LogP) is 5.54. The summed E-state index contributed by atoms with van der Waals surface area (Å²) >= 11 is 1.32. The molecule has 3 aromatic rings. The lowest BCUT2D eigenvalue weighted by molar-refractivity contribution is -0.118. The van der Waals surface area contributed by atoms with Gasteiger partial charge in [0, 0.05) is 29.4 Å². The maximum atomic E-state index is 14.1. The molecule has 2 heterocycles. The number of ketones is 1.